The first-order valence-electron chi connectivity index (χ1n) is 6.33. The number of hydrogen-bond donors (Lipinski definition) is 2. The zero-order valence-corrected chi connectivity index (χ0v) is 10.2. The summed E-state index contributed by atoms with van der Waals surface area (Å²) < 4.78 is 0. The second-order valence-corrected chi connectivity index (χ2v) is 4.66. The summed E-state index contributed by atoms with van der Waals surface area (Å²) in [5, 5.41) is 8.92. The molecule has 0 saturated heterocycles. The summed E-state index contributed by atoms with van der Waals surface area (Å²) in [5.74, 6) is 0.660. The number of amides is 1. The van der Waals surface area contributed by atoms with E-state index in [-0.39, 0.29) is 18.6 Å². The van der Waals surface area contributed by atoms with Gasteiger partial charge in [0.25, 0.3) is 0 Å². The van der Waals surface area contributed by atoms with Crippen molar-refractivity contribution >= 4 is 5.91 Å². The topological polar surface area (TPSA) is 66.6 Å². The zero-order valence-electron chi connectivity index (χ0n) is 10.2. The number of aliphatic hydroxyl groups is 1. The Morgan fingerprint density at radius 3 is 2.69 bits per heavy atom. The molecule has 0 aromatic carbocycles. The molecule has 4 nitrogen and oxygen atoms in total. The third kappa shape index (κ3) is 4.49. The molecule has 16 heavy (non-hydrogen) atoms. The number of unbranched alkanes of at least 4 members (excludes halogenated alkanes) is 1. The van der Waals surface area contributed by atoms with E-state index in [4.69, 9.17) is 10.8 Å². The first-order chi connectivity index (χ1) is 7.69. The molecule has 1 amide bonds. The molecule has 0 aromatic rings. The average Bonchev–Trinajstić information content (AvgIpc) is 3.07. The van der Waals surface area contributed by atoms with Crippen LogP contribution in [0, 0.1) is 5.92 Å². The molecule has 1 aliphatic rings. The van der Waals surface area contributed by atoms with Crippen molar-refractivity contribution in [3.63, 3.8) is 0 Å². The summed E-state index contributed by atoms with van der Waals surface area (Å²) in [6, 6.07) is 0.0234. The van der Waals surface area contributed by atoms with Crippen LogP contribution < -0.4 is 5.73 Å². The molecule has 0 heterocycles. The smallest absolute Gasteiger partial charge is 0.224 e. The monoisotopic (exact) mass is 228 g/mol. The molecule has 3 N–H and O–H groups in total. The Labute approximate surface area is 97.8 Å². The molecule has 1 fully saturated rings. The van der Waals surface area contributed by atoms with Gasteiger partial charge in [-0.2, -0.15) is 0 Å². The number of nitrogens with two attached hydrogens (primary N) is 1. The maximum absolute atomic E-state index is 11.9. The van der Waals surface area contributed by atoms with Crippen molar-refractivity contribution in [1.29, 1.82) is 0 Å². The molecule has 1 aliphatic carbocycles. The van der Waals surface area contributed by atoms with Crippen molar-refractivity contribution < 1.29 is 9.90 Å². The quantitative estimate of drug-likeness (QED) is 0.644. The molecule has 1 saturated carbocycles. The van der Waals surface area contributed by atoms with Gasteiger partial charge in [0.15, 0.2) is 0 Å². The Hall–Kier alpha value is -0.610. The number of aliphatic hydroxyl groups excluding tert-OH is 1. The third-order valence-electron chi connectivity index (χ3n) is 3.14. The van der Waals surface area contributed by atoms with Gasteiger partial charge in [-0.05, 0) is 25.2 Å². The molecule has 94 valence electrons. The summed E-state index contributed by atoms with van der Waals surface area (Å²) in [6.07, 6.45) is 4.83. The summed E-state index contributed by atoms with van der Waals surface area (Å²) in [6.45, 7) is 3.31. The molecular formula is C12H24N2O2. The largest absolute Gasteiger partial charge is 0.395 e. The van der Waals surface area contributed by atoms with Gasteiger partial charge < -0.3 is 15.7 Å². The fraction of sp³-hybridized carbons (Fsp3) is 0.917. The lowest BCUT2D eigenvalue weighted by molar-refractivity contribution is -0.132. The van der Waals surface area contributed by atoms with Crippen LogP contribution >= 0.6 is 0 Å². The Morgan fingerprint density at radius 1 is 1.50 bits per heavy atom. The highest BCUT2D eigenvalue weighted by Crippen LogP contribution is 2.32. The molecule has 1 unspecified atom stereocenters. The fourth-order valence-corrected chi connectivity index (χ4v) is 1.85. The van der Waals surface area contributed by atoms with E-state index < -0.39 is 0 Å². The van der Waals surface area contributed by atoms with Crippen LogP contribution in [-0.4, -0.2) is 41.7 Å². The van der Waals surface area contributed by atoms with Gasteiger partial charge in [0.1, 0.15) is 0 Å². The number of carbonyl (C=O) groups excluding carboxylic acids is 1. The van der Waals surface area contributed by atoms with Gasteiger partial charge in [0.2, 0.25) is 5.91 Å². The molecule has 0 spiro atoms. The van der Waals surface area contributed by atoms with E-state index in [1.807, 2.05) is 0 Å². The molecule has 0 aromatic heterocycles. The number of carbonyl (C=O) groups is 1. The van der Waals surface area contributed by atoms with Gasteiger partial charge in [-0.3, -0.25) is 4.79 Å². The zero-order chi connectivity index (χ0) is 12.0. The lowest BCUT2D eigenvalue weighted by Crippen LogP contribution is -2.38. The summed E-state index contributed by atoms with van der Waals surface area (Å²) in [4.78, 5) is 13.7. The first-order valence-corrected chi connectivity index (χ1v) is 6.33. The minimum Gasteiger partial charge on any atom is -0.395 e. The van der Waals surface area contributed by atoms with Crippen molar-refractivity contribution in [1.82, 2.24) is 4.90 Å². The fourth-order valence-electron chi connectivity index (χ4n) is 1.85. The standard InChI is InChI=1S/C12H24N2O2/c1-2-3-6-14(7-8-15)12(16)9-11(13)10-4-5-10/h10-11,15H,2-9,13H2,1H3. The van der Waals surface area contributed by atoms with Gasteiger partial charge in [0, 0.05) is 25.6 Å². The highest BCUT2D eigenvalue weighted by Gasteiger charge is 2.30. The molecular weight excluding hydrogens is 204 g/mol. The van der Waals surface area contributed by atoms with Crippen LogP contribution in [0.25, 0.3) is 0 Å². The molecule has 1 rings (SSSR count). The summed E-state index contributed by atoms with van der Waals surface area (Å²) >= 11 is 0. The molecule has 0 radical (unpaired) electrons. The second-order valence-electron chi connectivity index (χ2n) is 4.66. The highest BCUT2D eigenvalue weighted by molar-refractivity contribution is 5.76. The molecule has 0 bridgehead atoms. The normalized spacial score (nSPS) is 17.2. The van der Waals surface area contributed by atoms with Crippen LogP contribution in [0.1, 0.15) is 39.0 Å². The van der Waals surface area contributed by atoms with Gasteiger partial charge in [-0.15, -0.1) is 0 Å². The predicted octanol–water partition coefficient (Wildman–Crippen LogP) is 0.735. The van der Waals surface area contributed by atoms with Crippen LogP contribution in [-0.2, 0) is 4.79 Å². The van der Waals surface area contributed by atoms with E-state index in [0.717, 1.165) is 19.4 Å². The lowest BCUT2D eigenvalue weighted by atomic mass is 10.1. The lowest BCUT2D eigenvalue weighted by Gasteiger charge is -2.23. The van der Waals surface area contributed by atoms with E-state index in [2.05, 4.69) is 6.92 Å². The third-order valence-corrected chi connectivity index (χ3v) is 3.14. The van der Waals surface area contributed by atoms with Gasteiger partial charge in [0.05, 0.1) is 6.61 Å². The summed E-state index contributed by atoms with van der Waals surface area (Å²) in [7, 11) is 0. The Morgan fingerprint density at radius 2 is 2.19 bits per heavy atom. The second kappa shape index (κ2) is 6.86. The molecule has 4 heteroatoms. The van der Waals surface area contributed by atoms with Crippen LogP contribution in [0.3, 0.4) is 0 Å². The van der Waals surface area contributed by atoms with Crippen molar-refractivity contribution in [3.8, 4) is 0 Å². The van der Waals surface area contributed by atoms with Gasteiger partial charge in [-0.1, -0.05) is 13.3 Å². The van der Waals surface area contributed by atoms with Gasteiger partial charge in [-0.25, -0.2) is 0 Å². The number of rotatable bonds is 8. The van der Waals surface area contributed by atoms with E-state index in [1.54, 1.807) is 4.90 Å². The summed E-state index contributed by atoms with van der Waals surface area (Å²) in [5.41, 5.74) is 5.93. The number of hydrogen-bond acceptors (Lipinski definition) is 3. The Balaban J connectivity index is 2.32. The maximum atomic E-state index is 11.9. The van der Waals surface area contributed by atoms with Crippen LogP contribution in [0.2, 0.25) is 0 Å². The Kier molecular flexibility index (Phi) is 5.77. The minimum absolute atomic E-state index is 0.0234. The van der Waals surface area contributed by atoms with Crippen LogP contribution in [0.4, 0.5) is 0 Å². The van der Waals surface area contributed by atoms with Crippen LogP contribution in [0.15, 0.2) is 0 Å². The SMILES string of the molecule is CCCCN(CCO)C(=O)CC(N)C1CC1. The van der Waals surface area contributed by atoms with E-state index in [9.17, 15) is 4.79 Å². The molecule has 0 aliphatic heterocycles. The maximum Gasteiger partial charge on any atom is 0.224 e. The van der Waals surface area contributed by atoms with Crippen molar-refractivity contribution in [2.24, 2.45) is 11.7 Å². The van der Waals surface area contributed by atoms with E-state index in [1.165, 1.54) is 12.8 Å². The first kappa shape index (κ1) is 13.5. The van der Waals surface area contributed by atoms with E-state index in [0.29, 0.717) is 18.9 Å². The van der Waals surface area contributed by atoms with Gasteiger partial charge >= 0.3 is 0 Å². The van der Waals surface area contributed by atoms with Crippen LogP contribution in [0.5, 0.6) is 0 Å². The predicted molar refractivity (Wildman–Crippen MR) is 63.9 cm³/mol. The van der Waals surface area contributed by atoms with Crippen molar-refractivity contribution in [3.05, 3.63) is 0 Å². The highest BCUT2D eigenvalue weighted by atomic mass is 16.3. The van der Waals surface area contributed by atoms with Crippen molar-refractivity contribution in [2.45, 2.75) is 45.1 Å². The van der Waals surface area contributed by atoms with Crippen molar-refractivity contribution in [2.75, 3.05) is 19.7 Å². The molecule has 1 atom stereocenters. The number of nitrogens with zero attached hydrogens (tertiary/aromatic N) is 1. The van der Waals surface area contributed by atoms with E-state index >= 15 is 0 Å². The minimum atomic E-state index is 0.0234. The average molecular weight is 228 g/mol. The Bertz CT molecular complexity index is 217.